The van der Waals surface area contributed by atoms with Crippen molar-refractivity contribution >= 4 is 11.6 Å². The van der Waals surface area contributed by atoms with Gasteiger partial charge in [-0.05, 0) is 48.2 Å². The number of amides is 1. The minimum absolute atomic E-state index is 0.0379. The molecule has 0 unspecified atom stereocenters. The number of hydrogen-bond donors (Lipinski definition) is 0. The smallest absolute Gasteiger partial charge is 0.253 e. The molecule has 1 saturated heterocycles. The van der Waals surface area contributed by atoms with Crippen molar-refractivity contribution in [2.75, 3.05) is 32.1 Å². The van der Waals surface area contributed by atoms with Gasteiger partial charge in [0.25, 0.3) is 5.91 Å². The van der Waals surface area contributed by atoms with Gasteiger partial charge in [-0.25, -0.2) is 0 Å². The monoisotopic (exact) mass is 294 g/mol. The molecule has 0 saturated carbocycles. The van der Waals surface area contributed by atoms with Crippen LogP contribution < -0.4 is 4.90 Å². The van der Waals surface area contributed by atoms with Gasteiger partial charge in [-0.2, -0.15) is 0 Å². The molecule has 1 aliphatic heterocycles. The summed E-state index contributed by atoms with van der Waals surface area (Å²) < 4.78 is 0. The maximum atomic E-state index is 11.9. The fraction of sp³-hybridized carbons (Fsp3) is 0.316. The molecule has 3 rings (SSSR count). The highest BCUT2D eigenvalue weighted by Crippen LogP contribution is 2.25. The van der Waals surface area contributed by atoms with Crippen LogP contribution in [0.15, 0.2) is 48.5 Å². The van der Waals surface area contributed by atoms with Crippen molar-refractivity contribution < 1.29 is 4.79 Å². The Labute approximate surface area is 132 Å². The molecule has 0 spiro atoms. The first-order valence-corrected chi connectivity index (χ1v) is 7.82. The first-order chi connectivity index (χ1) is 10.6. The average Bonchev–Trinajstić information content (AvgIpc) is 3.09. The molecule has 22 heavy (non-hydrogen) atoms. The first-order valence-electron chi connectivity index (χ1n) is 7.82. The van der Waals surface area contributed by atoms with Crippen LogP contribution in [0.1, 0.15) is 23.2 Å². The van der Waals surface area contributed by atoms with E-state index in [1.54, 1.807) is 19.0 Å². The predicted molar refractivity (Wildman–Crippen MR) is 91.3 cm³/mol. The molecule has 0 bridgehead atoms. The van der Waals surface area contributed by atoms with Crippen molar-refractivity contribution in [2.24, 2.45) is 0 Å². The molecule has 1 aliphatic rings. The zero-order valence-corrected chi connectivity index (χ0v) is 13.2. The molecule has 114 valence electrons. The van der Waals surface area contributed by atoms with Crippen LogP contribution >= 0.6 is 0 Å². The number of hydrogen-bond acceptors (Lipinski definition) is 2. The molecule has 1 amide bonds. The molecule has 1 heterocycles. The highest BCUT2D eigenvalue weighted by atomic mass is 16.2. The van der Waals surface area contributed by atoms with Gasteiger partial charge in [-0.1, -0.05) is 24.3 Å². The van der Waals surface area contributed by atoms with Crippen LogP contribution in [0.25, 0.3) is 11.1 Å². The zero-order chi connectivity index (χ0) is 15.5. The lowest BCUT2D eigenvalue weighted by molar-refractivity contribution is 0.0827. The van der Waals surface area contributed by atoms with E-state index in [1.807, 2.05) is 24.3 Å². The SMILES string of the molecule is CN(C)C(=O)c1ccc(-c2ccc(N3CCCC3)cc2)cc1. The van der Waals surface area contributed by atoms with Gasteiger partial charge in [0.2, 0.25) is 0 Å². The average molecular weight is 294 g/mol. The Morgan fingerprint density at radius 1 is 0.864 bits per heavy atom. The molecular formula is C19H22N2O. The van der Waals surface area contributed by atoms with Crippen molar-refractivity contribution in [1.29, 1.82) is 0 Å². The highest BCUT2D eigenvalue weighted by Gasteiger charge is 2.12. The Hall–Kier alpha value is -2.29. The predicted octanol–water partition coefficient (Wildman–Crippen LogP) is 3.66. The molecule has 0 N–H and O–H groups in total. The van der Waals surface area contributed by atoms with Crippen LogP contribution in [-0.4, -0.2) is 38.0 Å². The van der Waals surface area contributed by atoms with Gasteiger partial charge < -0.3 is 9.80 Å². The van der Waals surface area contributed by atoms with Crippen LogP contribution in [0, 0.1) is 0 Å². The van der Waals surface area contributed by atoms with Gasteiger partial charge in [0.1, 0.15) is 0 Å². The van der Waals surface area contributed by atoms with Crippen LogP contribution in [0.5, 0.6) is 0 Å². The summed E-state index contributed by atoms with van der Waals surface area (Å²) in [5.41, 5.74) is 4.36. The minimum Gasteiger partial charge on any atom is -0.372 e. The second-order valence-electron chi connectivity index (χ2n) is 6.02. The Morgan fingerprint density at radius 3 is 1.86 bits per heavy atom. The second kappa shape index (κ2) is 6.22. The summed E-state index contributed by atoms with van der Waals surface area (Å²) in [5, 5.41) is 0. The highest BCUT2D eigenvalue weighted by molar-refractivity contribution is 5.94. The molecule has 2 aromatic carbocycles. The summed E-state index contributed by atoms with van der Waals surface area (Å²) in [7, 11) is 3.54. The number of benzene rings is 2. The largest absolute Gasteiger partial charge is 0.372 e. The van der Waals surface area contributed by atoms with E-state index in [-0.39, 0.29) is 5.91 Å². The summed E-state index contributed by atoms with van der Waals surface area (Å²) in [6, 6.07) is 16.5. The molecule has 0 aromatic heterocycles. The van der Waals surface area contributed by atoms with Gasteiger partial charge >= 0.3 is 0 Å². The van der Waals surface area contributed by atoms with Gasteiger partial charge in [-0.3, -0.25) is 4.79 Å². The normalized spacial score (nSPS) is 14.2. The van der Waals surface area contributed by atoms with Crippen LogP contribution in [-0.2, 0) is 0 Å². The van der Waals surface area contributed by atoms with E-state index < -0.39 is 0 Å². The van der Waals surface area contributed by atoms with Crippen molar-refractivity contribution in [3.8, 4) is 11.1 Å². The number of nitrogens with zero attached hydrogens (tertiary/aromatic N) is 2. The Morgan fingerprint density at radius 2 is 1.36 bits per heavy atom. The van der Waals surface area contributed by atoms with E-state index in [0.29, 0.717) is 0 Å². The summed E-state index contributed by atoms with van der Waals surface area (Å²) in [6.45, 7) is 2.33. The molecule has 0 aliphatic carbocycles. The lowest BCUT2D eigenvalue weighted by atomic mass is 10.0. The number of rotatable bonds is 3. The molecule has 3 heteroatoms. The Kier molecular flexibility index (Phi) is 4.14. The summed E-state index contributed by atoms with van der Waals surface area (Å²) >= 11 is 0. The maximum Gasteiger partial charge on any atom is 0.253 e. The standard InChI is InChI=1S/C19H22N2O/c1-20(2)19(22)17-7-5-15(6-8-17)16-9-11-18(12-10-16)21-13-3-4-14-21/h5-12H,3-4,13-14H2,1-2H3. The quantitative estimate of drug-likeness (QED) is 0.862. The summed E-state index contributed by atoms with van der Waals surface area (Å²) in [5.74, 6) is 0.0379. The third kappa shape index (κ3) is 2.98. The zero-order valence-electron chi connectivity index (χ0n) is 13.2. The van der Waals surface area contributed by atoms with E-state index in [1.165, 1.54) is 37.2 Å². The van der Waals surface area contributed by atoms with E-state index in [2.05, 4.69) is 29.2 Å². The van der Waals surface area contributed by atoms with E-state index >= 15 is 0 Å². The van der Waals surface area contributed by atoms with E-state index in [4.69, 9.17) is 0 Å². The topological polar surface area (TPSA) is 23.6 Å². The lowest BCUT2D eigenvalue weighted by Crippen LogP contribution is -2.21. The number of carbonyl (C=O) groups is 1. The summed E-state index contributed by atoms with van der Waals surface area (Å²) in [6.07, 6.45) is 2.59. The maximum absolute atomic E-state index is 11.9. The van der Waals surface area contributed by atoms with Crippen molar-refractivity contribution in [2.45, 2.75) is 12.8 Å². The summed E-state index contributed by atoms with van der Waals surface area (Å²) in [4.78, 5) is 15.9. The molecule has 1 fully saturated rings. The molecule has 0 radical (unpaired) electrons. The number of anilines is 1. The van der Waals surface area contributed by atoms with Crippen molar-refractivity contribution in [3.05, 3.63) is 54.1 Å². The van der Waals surface area contributed by atoms with Gasteiger partial charge in [-0.15, -0.1) is 0 Å². The van der Waals surface area contributed by atoms with Crippen molar-refractivity contribution in [1.82, 2.24) is 4.90 Å². The minimum atomic E-state index is 0.0379. The lowest BCUT2D eigenvalue weighted by Gasteiger charge is -2.17. The van der Waals surface area contributed by atoms with Crippen LogP contribution in [0.4, 0.5) is 5.69 Å². The first kappa shape index (κ1) is 14.6. The Bertz CT molecular complexity index is 638. The van der Waals surface area contributed by atoms with Gasteiger partial charge in [0.15, 0.2) is 0 Å². The van der Waals surface area contributed by atoms with Crippen LogP contribution in [0.2, 0.25) is 0 Å². The van der Waals surface area contributed by atoms with E-state index in [0.717, 1.165) is 11.1 Å². The molecule has 3 nitrogen and oxygen atoms in total. The fourth-order valence-corrected chi connectivity index (χ4v) is 2.90. The van der Waals surface area contributed by atoms with Gasteiger partial charge in [0, 0.05) is 38.4 Å². The van der Waals surface area contributed by atoms with E-state index in [9.17, 15) is 4.79 Å². The number of carbonyl (C=O) groups excluding carboxylic acids is 1. The third-order valence-corrected chi connectivity index (χ3v) is 4.21. The van der Waals surface area contributed by atoms with Crippen molar-refractivity contribution in [3.63, 3.8) is 0 Å². The Balaban J connectivity index is 1.77. The van der Waals surface area contributed by atoms with Gasteiger partial charge in [0.05, 0.1) is 0 Å². The molecule has 0 atom stereocenters. The molecule has 2 aromatic rings. The van der Waals surface area contributed by atoms with Crippen LogP contribution in [0.3, 0.4) is 0 Å². The second-order valence-corrected chi connectivity index (χ2v) is 6.02. The third-order valence-electron chi connectivity index (χ3n) is 4.21. The fourth-order valence-electron chi connectivity index (χ4n) is 2.90. The molecular weight excluding hydrogens is 272 g/mol.